The van der Waals surface area contributed by atoms with Crippen LogP contribution in [0, 0.1) is 34.5 Å². The fourth-order valence-corrected chi connectivity index (χ4v) is 8.08. The summed E-state index contributed by atoms with van der Waals surface area (Å²) in [5, 5.41) is 10.7. The number of aliphatic hydroxyl groups excluding tert-OH is 1. The number of hydrogen-bond donors (Lipinski definition) is 1. The summed E-state index contributed by atoms with van der Waals surface area (Å²) < 4.78 is 12.1. The maximum Gasteiger partial charge on any atom is 0.0842 e. The van der Waals surface area contributed by atoms with E-state index < -0.39 is 0 Å². The van der Waals surface area contributed by atoms with Crippen LogP contribution in [0.4, 0.5) is 0 Å². The maximum atomic E-state index is 10.7. The Morgan fingerprint density at radius 3 is 2.38 bits per heavy atom. The van der Waals surface area contributed by atoms with Crippen molar-refractivity contribution < 1.29 is 14.6 Å². The van der Waals surface area contributed by atoms with Gasteiger partial charge in [0.2, 0.25) is 0 Å². The molecule has 4 rings (SSSR count). The van der Waals surface area contributed by atoms with Crippen LogP contribution >= 0.6 is 0 Å². The van der Waals surface area contributed by atoms with Crippen molar-refractivity contribution in [2.75, 3.05) is 7.11 Å². The number of fused-ring (bicyclic) bond motifs is 5. The molecule has 0 amide bonds. The van der Waals surface area contributed by atoms with Gasteiger partial charge < -0.3 is 14.6 Å². The van der Waals surface area contributed by atoms with Gasteiger partial charge in [-0.1, -0.05) is 13.8 Å². The Balaban J connectivity index is 1.58. The molecule has 0 spiro atoms. The summed E-state index contributed by atoms with van der Waals surface area (Å²) in [6.45, 7) is 9.25. The van der Waals surface area contributed by atoms with Crippen LogP contribution < -0.4 is 0 Å². The van der Waals surface area contributed by atoms with Gasteiger partial charge in [0.15, 0.2) is 0 Å². The van der Waals surface area contributed by atoms with Crippen LogP contribution in [0.1, 0.15) is 79.1 Å². The highest BCUT2D eigenvalue weighted by atomic mass is 16.5. The minimum atomic E-state index is -0.273. The number of methoxy groups -OCH3 is 1. The smallest absolute Gasteiger partial charge is 0.0842 e. The minimum absolute atomic E-state index is 0.0265. The van der Waals surface area contributed by atoms with E-state index in [1.165, 1.54) is 38.5 Å². The maximum absolute atomic E-state index is 10.7. The highest BCUT2D eigenvalue weighted by Gasteiger charge is 2.61. The molecule has 0 heterocycles. The summed E-state index contributed by atoms with van der Waals surface area (Å²) >= 11 is 0. The third kappa shape index (κ3) is 2.79. The van der Waals surface area contributed by atoms with E-state index in [9.17, 15) is 5.11 Å². The van der Waals surface area contributed by atoms with Crippen LogP contribution in [0.3, 0.4) is 0 Å². The summed E-state index contributed by atoms with van der Waals surface area (Å²) in [5.41, 5.74) is 0.731. The van der Waals surface area contributed by atoms with Crippen LogP contribution in [0.15, 0.2) is 0 Å². The summed E-state index contributed by atoms with van der Waals surface area (Å²) in [6, 6.07) is 0. The first kappa shape index (κ1) is 19.2. The standard InChI is InChI=1S/C23H40O3/c1-14(2)26-20-13-23(4)15(12-19(20)24)6-7-16-17-8-9-21(25-5)22(17,3)11-10-18(16)23/h14-21,24H,6-13H2,1-5H3/t15-,16-,17-,18-,19-,20+,21-,22-,23-/m0/s1. The van der Waals surface area contributed by atoms with Crippen molar-refractivity contribution >= 4 is 0 Å². The first-order valence-corrected chi connectivity index (χ1v) is 11.2. The average molecular weight is 365 g/mol. The monoisotopic (exact) mass is 364 g/mol. The molecule has 0 radical (unpaired) electrons. The normalized spacial score (nSPS) is 53.9. The zero-order valence-electron chi connectivity index (χ0n) is 17.5. The lowest BCUT2D eigenvalue weighted by Gasteiger charge is -2.61. The summed E-state index contributed by atoms with van der Waals surface area (Å²) in [4.78, 5) is 0. The van der Waals surface area contributed by atoms with Crippen molar-refractivity contribution in [1.29, 1.82) is 0 Å². The van der Waals surface area contributed by atoms with Gasteiger partial charge >= 0.3 is 0 Å². The molecule has 26 heavy (non-hydrogen) atoms. The third-order valence-electron chi connectivity index (χ3n) is 9.31. The van der Waals surface area contributed by atoms with Gasteiger partial charge in [0.1, 0.15) is 0 Å². The largest absolute Gasteiger partial charge is 0.390 e. The van der Waals surface area contributed by atoms with Gasteiger partial charge in [-0.05, 0) is 99.7 Å². The Morgan fingerprint density at radius 2 is 1.69 bits per heavy atom. The Bertz CT molecular complexity index is 520. The topological polar surface area (TPSA) is 38.7 Å². The SMILES string of the molecule is CO[C@H]1CC[C@H]2[C@@H]3CC[C@H]4C[C@H](O)[C@H](OC(C)C)C[C@]4(C)[C@H]3CC[C@]12C. The Labute approximate surface area is 160 Å². The van der Waals surface area contributed by atoms with Crippen LogP contribution in [-0.2, 0) is 9.47 Å². The van der Waals surface area contributed by atoms with E-state index in [1.807, 2.05) is 7.11 Å². The molecule has 0 aliphatic heterocycles. The number of rotatable bonds is 3. The average Bonchev–Trinajstić information content (AvgIpc) is 2.92. The zero-order chi connectivity index (χ0) is 18.7. The molecule has 0 aromatic rings. The molecule has 9 atom stereocenters. The Morgan fingerprint density at radius 1 is 0.962 bits per heavy atom. The molecule has 3 heteroatoms. The van der Waals surface area contributed by atoms with Crippen molar-refractivity contribution in [2.45, 2.75) is 103 Å². The van der Waals surface area contributed by atoms with Gasteiger partial charge in [-0.25, -0.2) is 0 Å². The molecular weight excluding hydrogens is 324 g/mol. The second kappa shape index (κ2) is 6.74. The number of hydrogen-bond acceptors (Lipinski definition) is 3. The van der Waals surface area contributed by atoms with Gasteiger partial charge in [-0.15, -0.1) is 0 Å². The highest BCUT2D eigenvalue weighted by Crippen LogP contribution is 2.66. The van der Waals surface area contributed by atoms with E-state index in [0.717, 1.165) is 30.6 Å². The van der Waals surface area contributed by atoms with E-state index in [4.69, 9.17) is 9.47 Å². The summed E-state index contributed by atoms with van der Waals surface area (Å²) in [6.07, 6.45) is 10.3. The van der Waals surface area contributed by atoms with Gasteiger partial charge in [0, 0.05) is 7.11 Å². The molecule has 4 aliphatic rings. The quantitative estimate of drug-likeness (QED) is 0.781. The van der Waals surface area contributed by atoms with Gasteiger partial charge in [-0.3, -0.25) is 0 Å². The minimum Gasteiger partial charge on any atom is -0.390 e. The van der Waals surface area contributed by atoms with E-state index in [-0.39, 0.29) is 18.3 Å². The van der Waals surface area contributed by atoms with Crippen LogP contribution in [0.2, 0.25) is 0 Å². The molecule has 1 N–H and O–H groups in total. The summed E-state index contributed by atoms with van der Waals surface area (Å²) in [5.74, 6) is 3.17. The summed E-state index contributed by atoms with van der Waals surface area (Å²) in [7, 11) is 1.92. The van der Waals surface area contributed by atoms with Crippen molar-refractivity contribution in [2.24, 2.45) is 34.5 Å². The van der Waals surface area contributed by atoms with Crippen molar-refractivity contribution in [3.05, 3.63) is 0 Å². The lowest BCUT2D eigenvalue weighted by molar-refractivity contribution is -0.183. The van der Waals surface area contributed by atoms with Crippen molar-refractivity contribution in [1.82, 2.24) is 0 Å². The molecule has 0 aromatic heterocycles. The lowest BCUT2D eigenvalue weighted by Crippen LogP contribution is -2.57. The zero-order valence-corrected chi connectivity index (χ0v) is 17.5. The van der Waals surface area contributed by atoms with E-state index in [0.29, 0.717) is 22.9 Å². The second-order valence-electron chi connectivity index (χ2n) is 10.7. The van der Waals surface area contributed by atoms with Crippen LogP contribution in [-0.4, -0.2) is 36.6 Å². The highest BCUT2D eigenvalue weighted by molar-refractivity contribution is 5.10. The van der Waals surface area contributed by atoms with Crippen LogP contribution in [0.5, 0.6) is 0 Å². The molecule has 3 nitrogen and oxygen atoms in total. The Kier molecular flexibility index (Phi) is 4.98. The van der Waals surface area contributed by atoms with Gasteiger partial charge in [0.25, 0.3) is 0 Å². The molecular formula is C23H40O3. The molecule has 4 saturated carbocycles. The molecule has 0 aromatic carbocycles. The molecule has 150 valence electrons. The van der Waals surface area contributed by atoms with E-state index >= 15 is 0 Å². The molecule has 0 unspecified atom stereocenters. The number of aliphatic hydroxyl groups is 1. The lowest BCUT2D eigenvalue weighted by atomic mass is 9.45. The molecule has 0 saturated heterocycles. The molecule has 4 fully saturated rings. The van der Waals surface area contributed by atoms with Gasteiger partial charge in [-0.2, -0.15) is 0 Å². The van der Waals surface area contributed by atoms with E-state index in [2.05, 4.69) is 27.7 Å². The van der Waals surface area contributed by atoms with Crippen LogP contribution in [0.25, 0.3) is 0 Å². The predicted octanol–water partition coefficient (Wildman–Crippen LogP) is 4.81. The van der Waals surface area contributed by atoms with Crippen molar-refractivity contribution in [3.63, 3.8) is 0 Å². The fraction of sp³-hybridized carbons (Fsp3) is 1.00. The molecule has 0 bridgehead atoms. The second-order valence-corrected chi connectivity index (χ2v) is 10.7. The number of ether oxygens (including phenoxy) is 2. The first-order valence-electron chi connectivity index (χ1n) is 11.2. The van der Waals surface area contributed by atoms with Gasteiger partial charge in [0.05, 0.1) is 24.4 Å². The van der Waals surface area contributed by atoms with Crippen molar-refractivity contribution in [3.8, 4) is 0 Å². The molecule has 4 aliphatic carbocycles. The first-order chi connectivity index (χ1) is 12.3. The Hall–Kier alpha value is -0.120. The van der Waals surface area contributed by atoms with E-state index in [1.54, 1.807) is 0 Å². The third-order valence-corrected chi connectivity index (χ3v) is 9.31. The fourth-order valence-electron chi connectivity index (χ4n) is 8.08. The predicted molar refractivity (Wildman–Crippen MR) is 104 cm³/mol.